The Kier molecular flexibility index (Phi) is 6.33. The molecule has 0 aromatic heterocycles. The zero-order chi connectivity index (χ0) is 11.8. The van der Waals surface area contributed by atoms with E-state index in [4.69, 9.17) is 10.2 Å². The van der Waals surface area contributed by atoms with Gasteiger partial charge in [0.15, 0.2) is 0 Å². The van der Waals surface area contributed by atoms with Crippen molar-refractivity contribution in [3.63, 3.8) is 0 Å². The Hall–Kier alpha value is -1.39. The molecule has 0 saturated heterocycles. The van der Waals surface area contributed by atoms with Crippen molar-refractivity contribution in [3.8, 4) is 0 Å². The zero-order valence-corrected chi connectivity index (χ0v) is 8.62. The summed E-state index contributed by atoms with van der Waals surface area (Å²) in [6, 6.07) is 0. The summed E-state index contributed by atoms with van der Waals surface area (Å²) in [6.07, 6.45) is 1.63. The first kappa shape index (κ1) is 13.6. The van der Waals surface area contributed by atoms with Crippen LogP contribution in [0.4, 0.5) is 4.39 Å². The maximum atomic E-state index is 11.7. The summed E-state index contributed by atoms with van der Waals surface area (Å²) >= 11 is 0. The van der Waals surface area contributed by atoms with Gasteiger partial charge < -0.3 is 10.2 Å². The molecule has 0 saturated carbocycles. The van der Waals surface area contributed by atoms with E-state index >= 15 is 0 Å². The molecule has 0 atom stereocenters. The van der Waals surface area contributed by atoms with Crippen LogP contribution in [0.15, 0.2) is 11.1 Å². The highest BCUT2D eigenvalue weighted by molar-refractivity contribution is 5.98. The maximum absolute atomic E-state index is 11.7. The van der Waals surface area contributed by atoms with Crippen LogP contribution in [0.1, 0.15) is 32.6 Å². The Labute approximate surface area is 87.4 Å². The minimum atomic E-state index is -1.22. The molecule has 86 valence electrons. The first-order chi connectivity index (χ1) is 7.00. The predicted molar refractivity (Wildman–Crippen MR) is 52.4 cm³/mol. The van der Waals surface area contributed by atoms with E-state index in [1.807, 2.05) is 0 Å². The number of carbonyl (C=O) groups is 2. The highest BCUT2D eigenvalue weighted by Gasteiger charge is 2.15. The topological polar surface area (TPSA) is 74.6 Å². The second-order valence-corrected chi connectivity index (χ2v) is 3.21. The molecule has 0 aliphatic heterocycles. The van der Waals surface area contributed by atoms with E-state index in [1.165, 1.54) is 6.92 Å². The van der Waals surface area contributed by atoms with Gasteiger partial charge in [-0.1, -0.05) is 6.42 Å². The van der Waals surface area contributed by atoms with Crippen LogP contribution in [-0.2, 0) is 9.59 Å². The molecule has 0 fully saturated rings. The quantitative estimate of drug-likeness (QED) is 0.506. The van der Waals surface area contributed by atoms with Gasteiger partial charge in [-0.05, 0) is 26.2 Å². The Balaban J connectivity index is 4.36. The first-order valence-corrected chi connectivity index (χ1v) is 4.73. The molecule has 0 aliphatic carbocycles. The lowest BCUT2D eigenvalue weighted by molar-refractivity contribution is -0.136. The molecule has 5 heteroatoms. The van der Waals surface area contributed by atoms with Gasteiger partial charge in [-0.3, -0.25) is 4.39 Å². The molecular weight excluding hydrogens is 203 g/mol. The monoisotopic (exact) mass is 218 g/mol. The van der Waals surface area contributed by atoms with Crippen molar-refractivity contribution in [2.45, 2.75) is 32.6 Å². The Morgan fingerprint density at radius 2 is 1.67 bits per heavy atom. The fourth-order valence-corrected chi connectivity index (χ4v) is 1.16. The summed E-state index contributed by atoms with van der Waals surface area (Å²) in [6.45, 7) is 0.838. The van der Waals surface area contributed by atoms with E-state index in [2.05, 4.69) is 0 Å². The Bertz CT molecular complexity index is 271. The summed E-state index contributed by atoms with van der Waals surface area (Å²) in [4.78, 5) is 21.3. The van der Waals surface area contributed by atoms with Crippen molar-refractivity contribution in [1.82, 2.24) is 0 Å². The summed E-state index contributed by atoms with van der Waals surface area (Å²) in [5, 5.41) is 17.4. The number of alkyl halides is 1. The average molecular weight is 218 g/mol. The third-order valence-electron chi connectivity index (χ3n) is 2.09. The van der Waals surface area contributed by atoms with Crippen molar-refractivity contribution < 1.29 is 24.2 Å². The highest BCUT2D eigenvalue weighted by Crippen LogP contribution is 2.14. The molecule has 2 N–H and O–H groups in total. The van der Waals surface area contributed by atoms with Gasteiger partial charge in [-0.25, -0.2) is 9.59 Å². The SMILES string of the molecule is C/C(C(=O)O)=C(\CCCCCF)C(=O)O. The molecule has 4 nitrogen and oxygen atoms in total. The van der Waals surface area contributed by atoms with E-state index in [0.717, 1.165) is 0 Å². The van der Waals surface area contributed by atoms with Crippen LogP contribution in [-0.4, -0.2) is 28.8 Å². The minimum absolute atomic E-state index is 0.0960. The second-order valence-electron chi connectivity index (χ2n) is 3.21. The van der Waals surface area contributed by atoms with Crippen LogP contribution in [0.3, 0.4) is 0 Å². The number of halogens is 1. The van der Waals surface area contributed by atoms with Crippen molar-refractivity contribution in [2.24, 2.45) is 0 Å². The van der Waals surface area contributed by atoms with Crippen LogP contribution in [0, 0.1) is 0 Å². The molecule has 0 radical (unpaired) electrons. The van der Waals surface area contributed by atoms with Crippen molar-refractivity contribution in [3.05, 3.63) is 11.1 Å². The van der Waals surface area contributed by atoms with E-state index in [0.29, 0.717) is 19.3 Å². The smallest absolute Gasteiger partial charge is 0.332 e. The van der Waals surface area contributed by atoms with Gasteiger partial charge in [-0.15, -0.1) is 0 Å². The Morgan fingerprint density at radius 1 is 1.07 bits per heavy atom. The molecule has 0 heterocycles. The predicted octanol–water partition coefficient (Wildman–Crippen LogP) is 2.00. The number of unbranched alkanes of at least 4 members (excludes halogenated alkanes) is 2. The lowest BCUT2D eigenvalue weighted by Crippen LogP contribution is -2.09. The fraction of sp³-hybridized carbons (Fsp3) is 0.600. The molecule has 0 aromatic carbocycles. The number of hydrogen-bond acceptors (Lipinski definition) is 2. The molecule has 0 rings (SSSR count). The van der Waals surface area contributed by atoms with E-state index in [-0.39, 0.29) is 17.6 Å². The third-order valence-corrected chi connectivity index (χ3v) is 2.09. The van der Waals surface area contributed by atoms with Crippen LogP contribution in [0.2, 0.25) is 0 Å². The van der Waals surface area contributed by atoms with Gasteiger partial charge in [0.1, 0.15) is 0 Å². The standard InChI is InChI=1S/C10H15FO4/c1-7(9(12)13)8(10(14)15)5-3-2-4-6-11/h2-6H2,1H3,(H,12,13)(H,14,15)/b8-7-. The van der Waals surface area contributed by atoms with E-state index in [9.17, 15) is 14.0 Å². The van der Waals surface area contributed by atoms with Crippen LogP contribution >= 0.6 is 0 Å². The maximum Gasteiger partial charge on any atom is 0.332 e. The van der Waals surface area contributed by atoms with Crippen LogP contribution in [0.25, 0.3) is 0 Å². The van der Waals surface area contributed by atoms with Gasteiger partial charge in [0.2, 0.25) is 0 Å². The third kappa shape index (κ3) is 5.15. The van der Waals surface area contributed by atoms with Crippen molar-refractivity contribution >= 4 is 11.9 Å². The summed E-state index contributed by atoms with van der Waals surface area (Å²) < 4.78 is 11.7. The summed E-state index contributed by atoms with van der Waals surface area (Å²) in [7, 11) is 0. The summed E-state index contributed by atoms with van der Waals surface area (Å²) in [5.41, 5.74) is -0.246. The lowest BCUT2D eigenvalue weighted by atomic mass is 10.0. The van der Waals surface area contributed by atoms with Crippen molar-refractivity contribution in [1.29, 1.82) is 0 Å². The number of carboxylic acids is 2. The van der Waals surface area contributed by atoms with E-state index < -0.39 is 18.6 Å². The van der Waals surface area contributed by atoms with Gasteiger partial charge in [0, 0.05) is 11.1 Å². The highest BCUT2D eigenvalue weighted by atomic mass is 19.1. The molecule has 0 spiro atoms. The average Bonchev–Trinajstić information content (AvgIpc) is 2.16. The normalized spacial score (nSPS) is 12.1. The zero-order valence-electron chi connectivity index (χ0n) is 8.62. The summed E-state index contributed by atoms with van der Waals surface area (Å²) in [5.74, 6) is -2.44. The van der Waals surface area contributed by atoms with Gasteiger partial charge in [0.25, 0.3) is 0 Å². The molecule has 0 amide bonds. The molecule has 0 unspecified atom stereocenters. The van der Waals surface area contributed by atoms with Gasteiger partial charge in [-0.2, -0.15) is 0 Å². The lowest BCUT2D eigenvalue weighted by Gasteiger charge is -2.04. The van der Waals surface area contributed by atoms with E-state index in [1.54, 1.807) is 0 Å². The fourth-order valence-electron chi connectivity index (χ4n) is 1.16. The van der Waals surface area contributed by atoms with Crippen LogP contribution in [0.5, 0.6) is 0 Å². The number of hydrogen-bond donors (Lipinski definition) is 2. The molecule has 0 bridgehead atoms. The number of rotatable bonds is 7. The first-order valence-electron chi connectivity index (χ1n) is 4.73. The molecular formula is C10H15FO4. The number of aliphatic carboxylic acids is 2. The number of carboxylic acid groups (broad SMARTS) is 2. The molecule has 0 aromatic rings. The van der Waals surface area contributed by atoms with Gasteiger partial charge >= 0.3 is 11.9 Å². The molecule has 0 aliphatic rings. The van der Waals surface area contributed by atoms with Gasteiger partial charge in [0.05, 0.1) is 6.67 Å². The molecule has 15 heavy (non-hydrogen) atoms. The second kappa shape index (κ2) is 6.98. The minimum Gasteiger partial charge on any atom is -0.478 e. The Morgan fingerprint density at radius 3 is 2.07 bits per heavy atom. The van der Waals surface area contributed by atoms with Crippen molar-refractivity contribution in [2.75, 3.05) is 6.67 Å². The van der Waals surface area contributed by atoms with Crippen LogP contribution < -0.4 is 0 Å². The largest absolute Gasteiger partial charge is 0.478 e.